The zero-order chi connectivity index (χ0) is 33.0. The van der Waals surface area contributed by atoms with Crippen molar-refractivity contribution < 1.29 is 24.6 Å². The van der Waals surface area contributed by atoms with E-state index in [1.807, 2.05) is 37.4 Å². The van der Waals surface area contributed by atoms with Crippen LogP contribution in [0.3, 0.4) is 0 Å². The Morgan fingerprint density at radius 1 is 0.978 bits per heavy atom. The number of carbonyl (C=O) groups is 3. The maximum Gasteiger partial charge on any atom is 0.242 e. The van der Waals surface area contributed by atoms with Crippen LogP contribution in [0.15, 0.2) is 30.3 Å². The van der Waals surface area contributed by atoms with E-state index in [1.54, 1.807) is 11.9 Å². The van der Waals surface area contributed by atoms with Crippen LogP contribution >= 0.6 is 0 Å². The number of aliphatic hydroxyl groups excluding tert-OH is 2. The van der Waals surface area contributed by atoms with E-state index in [0.29, 0.717) is 51.1 Å². The van der Waals surface area contributed by atoms with E-state index in [0.717, 1.165) is 31.2 Å². The van der Waals surface area contributed by atoms with Crippen molar-refractivity contribution in [2.75, 3.05) is 27.2 Å². The van der Waals surface area contributed by atoms with Gasteiger partial charge in [-0.15, -0.1) is 24.7 Å². The number of carbonyl (C=O) groups excluding carboxylic acids is 3. The van der Waals surface area contributed by atoms with Crippen molar-refractivity contribution in [2.45, 2.75) is 108 Å². The van der Waals surface area contributed by atoms with E-state index < -0.39 is 42.0 Å². The van der Waals surface area contributed by atoms with E-state index in [1.165, 1.54) is 6.42 Å². The van der Waals surface area contributed by atoms with Crippen molar-refractivity contribution in [1.82, 2.24) is 20.9 Å². The second kappa shape index (κ2) is 21.4. The Labute approximate surface area is 270 Å². The number of nitrogens with zero attached hydrogens (tertiary/aromatic N) is 1. The first kappa shape index (κ1) is 37.8. The number of unbranched alkanes of at least 4 members (excludes halogenated alkanes) is 1. The van der Waals surface area contributed by atoms with Crippen molar-refractivity contribution in [2.24, 2.45) is 11.8 Å². The molecule has 248 valence electrons. The Morgan fingerprint density at radius 2 is 1.67 bits per heavy atom. The fourth-order valence-electron chi connectivity index (χ4n) is 5.91. The molecule has 3 amide bonds. The summed E-state index contributed by atoms with van der Waals surface area (Å²) in [5.74, 6) is 3.66. The van der Waals surface area contributed by atoms with Crippen LogP contribution in [0, 0.1) is 36.5 Å². The third-order valence-corrected chi connectivity index (χ3v) is 8.72. The fraction of sp³-hybridized carbons (Fsp3) is 0.639. The standard InChI is InChI=1S/C36H54N4O5/c1-5-7-11-21-32(41)34(43)31(25-28-18-14-10-15-19-28)39-36(45)30(20-8-6-2)38-35(44)29(24-27-16-12-9-13-17-27)26-33(42)40(4)23-22-37-3/h1-2,9,12-13,16-17,28-32,34,37,41,43H,7-8,10-11,14-15,18-26H2,3-4H3,(H,38,44)(H,39,45)/t29?,30-,31?,32?,34+/m0/s1. The molecule has 1 saturated carbocycles. The summed E-state index contributed by atoms with van der Waals surface area (Å²) in [6.07, 6.45) is 16.7. The van der Waals surface area contributed by atoms with Gasteiger partial charge >= 0.3 is 0 Å². The molecule has 0 bridgehead atoms. The number of benzene rings is 1. The topological polar surface area (TPSA) is 131 Å². The van der Waals surface area contributed by atoms with Crippen LogP contribution in [0.5, 0.6) is 0 Å². The van der Waals surface area contributed by atoms with Gasteiger partial charge in [0.15, 0.2) is 0 Å². The first-order valence-corrected chi connectivity index (χ1v) is 16.5. The number of aliphatic hydroxyl groups is 2. The maximum absolute atomic E-state index is 13.8. The first-order chi connectivity index (χ1) is 21.7. The SMILES string of the molecule is C#CCCCC(O)[C@H](O)C(CC1CCCCC1)NC(=O)[C@H](CCC#C)NC(=O)C(CC(=O)N(C)CCNC)Cc1ccccc1. The average Bonchev–Trinajstić information content (AvgIpc) is 3.05. The number of terminal acetylenes is 2. The molecule has 1 fully saturated rings. The van der Waals surface area contributed by atoms with E-state index >= 15 is 0 Å². The van der Waals surface area contributed by atoms with Crippen molar-refractivity contribution in [1.29, 1.82) is 0 Å². The number of amides is 3. The van der Waals surface area contributed by atoms with Gasteiger partial charge in [0.05, 0.1) is 24.2 Å². The highest BCUT2D eigenvalue weighted by Gasteiger charge is 2.34. The molecule has 0 saturated heterocycles. The van der Waals surface area contributed by atoms with Gasteiger partial charge < -0.3 is 31.1 Å². The van der Waals surface area contributed by atoms with Crippen LogP contribution in [0.2, 0.25) is 0 Å². The molecule has 0 heterocycles. The minimum Gasteiger partial charge on any atom is -0.390 e. The van der Waals surface area contributed by atoms with E-state index in [2.05, 4.69) is 27.8 Å². The van der Waals surface area contributed by atoms with E-state index in [9.17, 15) is 24.6 Å². The fourth-order valence-corrected chi connectivity index (χ4v) is 5.91. The summed E-state index contributed by atoms with van der Waals surface area (Å²) in [6.45, 7) is 1.13. The second-order valence-electron chi connectivity index (χ2n) is 12.3. The zero-order valence-corrected chi connectivity index (χ0v) is 27.2. The normalized spacial score (nSPS) is 16.7. The lowest BCUT2D eigenvalue weighted by atomic mass is 9.82. The van der Waals surface area contributed by atoms with Gasteiger partial charge in [0, 0.05) is 39.4 Å². The quantitative estimate of drug-likeness (QED) is 0.112. The van der Waals surface area contributed by atoms with Gasteiger partial charge in [0.25, 0.3) is 0 Å². The summed E-state index contributed by atoms with van der Waals surface area (Å²) in [6, 6.07) is 7.80. The molecule has 3 unspecified atom stereocenters. The van der Waals surface area contributed by atoms with E-state index in [4.69, 9.17) is 12.8 Å². The number of likely N-dealkylation sites (N-methyl/N-ethyl adjacent to an activating group) is 2. The highest BCUT2D eigenvalue weighted by molar-refractivity contribution is 5.91. The Morgan fingerprint density at radius 3 is 2.31 bits per heavy atom. The predicted molar refractivity (Wildman–Crippen MR) is 178 cm³/mol. The number of rotatable bonds is 20. The molecular weight excluding hydrogens is 568 g/mol. The van der Waals surface area contributed by atoms with E-state index in [-0.39, 0.29) is 25.2 Å². The molecule has 1 aromatic rings. The lowest BCUT2D eigenvalue weighted by molar-refractivity contribution is -0.137. The minimum atomic E-state index is -1.19. The average molecular weight is 623 g/mol. The van der Waals surface area contributed by atoms with Gasteiger partial charge in [0.2, 0.25) is 17.7 Å². The molecule has 0 aromatic heterocycles. The summed E-state index contributed by atoms with van der Waals surface area (Å²) in [5.41, 5.74) is 0.905. The number of nitrogens with one attached hydrogen (secondary N) is 3. The van der Waals surface area contributed by atoms with Crippen molar-refractivity contribution in [3.8, 4) is 24.7 Å². The van der Waals surface area contributed by atoms with Crippen LogP contribution in [-0.4, -0.2) is 84.3 Å². The molecular formula is C36H54N4O5. The van der Waals surface area contributed by atoms with Crippen molar-refractivity contribution in [3.63, 3.8) is 0 Å². The Bertz CT molecular complexity index is 1110. The number of hydrogen-bond donors (Lipinski definition) is 5. The summed E-state index contributed by atoms with van der Waals surface area (Å²) >= 11 is 0. The first-order valence-electron chi connectivity index (χ1n) is 16.5. The van der Waals surface area contributed by atoms with Gasteiger partial charge in [-0.3, -0.25) is 14.4 Å². The molecule has 9 nitrogen and oxygen atoms in total. The molecule has 45 heavy (non-hydrogen) atoms. The van der Waals surface area contributed by atoms with Gasteiger partial charge in [-0.05, 0) is 50.6 Å². The zero-order valence-electron chi connectivity index (χ0n) is 27.2. The summed E-state index contributed by atoms with van der Waals surface area (Å²) in [5, 5.41) is 30.8. The minimum absolute atomic E-state index is 0.0166. The largest absolute Gasteiger partial charge is 0.390 e. The van der Waals surface area contributed by atoms with Crippen LogP contribution in [0.25, 0.3) is 0 Å². The van der Waals surface area contributed by atoms with Crippen molar-refractivity contribution >= 4 is 17.7 Å². The highest BCUT2D eigenvalue weighted by atomic mass is 16.3. The molecule has 9 heteroatoms. The van der Waals surface area contributed by atoms with Gasteiger partial charge in [-0.25, -0.2) is 0 Å². The molecule has 5 N–H and O–H groups in total. The molecule has 1 aliphatic carbocycles. The summed E-state index contributed by atoms with van der Waals surface area (Å²) < 4.78 is 0. The monoisotopic (exact) mass is 622 g/mol. The van der Waals surface area contributed by atoms with Crippen LogP contribution in [0.4, 0.5) is 0 Å². The van der Waals surface area contributed by atoms with Crippen LogP contribution < -0.4 is 16.0 Å². The third-order valence-electron chi connectivity index (χ3n) is 8.72. The smallest absolute Gasteiger partial charge is 0.242 e. The van der Waals surface area contributed by atoms with Gasteiger partial charge in [-0.1, -0.05) is 62.4 Å². The number of hydrogen-bond acceptors (Lipinski definition) is 6. The Balaban J connectivity index is 2.23. The molecule has 0 radical (unpaired) electrons. The molecule has 1 aromatic carbocycles. The molecule has 0 aliphatic heterocycles. The lowest BCUT2D eigenvalue weighted by Crippen LogP contribution is -2.56. The second-order valence-corrected chi connectivity index (χ2v) is 12.3. The molecule has 2 rings (SSSR count). The lowest BCUT2D eigenvalue weighted by Gasteiger charge is -2.33. The Hall–Kier alpha value is -3.37. The van der Waals surface area contributed by atoms with Crippen LogP contribution in [-0.2, 0) is 20.8 Å². The van der Waals surface area contributed by atoms with Gasteiger partial charge in [-0.2, -0.15) is 0 Å². The molecule has 1 aliphatic rings. The molecule has 0 spiro atoms. The summed E-state index contributed by atoms with van der Waals surface area (Å²) in [4.78, 5) is 42.2. The van der Waals surface area contributed by atoms with Gasteiger partial charge in [0.1, 0.15) is 6.04 Å². The Kier molecular flexibility index (Phi) is 18.0. The predicted octanol–water partition coefficient (Wildman–Crippen LogP) is 2.79. The highest BCUT2D eigenvalue weighted by Crippen LogP contribution is 2.29. The molecule has 5 atom stereocenters. The maximum atomic E-state index is 13.8. The van der Waals surface area contributed by atoms with Crippen molar-refractivity contribution in [3.05, 3.63) is 35.9 Å². The third kappa shape index (κ3) is 14.1. The summed E-state index contributed by atoms with van der Waals surface area (Å²) in [7, 11) is 3.52. The van der Waals surface area contributed by atoms with Crippen LogP contribution in [0.1, 0.15) is 82.6 Å².